The van der Waals surface area contributed by atoms with E-state index in [0.29, 0.717) is 6.04 Å². The summed E-state index contributed by atoms with van der Waals surface area (Å²) in [6.07, 6.45) is 7.72. The Morgan fingerprint density at radius 3 is 2.57 bits per heavy atom. The summed E-state index contributed by atoms with van der Waals surface area (Å²) in [5, 5.41) is 3.71. The van der Waals surface area contributed by atoms with E-state index in [1.165, 1.54) is 37.7 Å². The van der Waals surface area contributed by atoms with Crippen LogP contribution in [0.3, 0.4) is 0 Å². The van der Waals surface area contributed by atoms with Gasteiger partial charge < -0.3 is 14.8 Å². The fourth-order valence-corrected chi connectivity index (χ4v) is 3.35. The van der Waals surface area contributed by atoms with Crippen LogP contribution in [-0.4, -0.2) is 19.3 Å². The van der Waals surface area contributed by atoms with Crippen molar-refractivity contribution in [2.75, 3.05) is 13.2 Å². The Morgan fingerprint density at radius 2 is 1.81 bits per heavy atom. The number of ether oxygens (including phenoxy) is 2. The van der Waals surface area contributed by atoms with Crippen LogP contribution in [0.2, 0.25) is 0 Å². The Morgan fingerprint density at radius 1 is 1.05 bits per heavy atom. The molecule has 3 rings (SSSR count). The normalized spacial score (nSPS) is 25.4. The van der Waals surface area contributed by atoms with Crippen LogP contribution in [-0.2, 0) is 6.54 Å². The predicted octanol–water partition coefficient (Wildman–Crippen LogP) is 3.91. The molecule has 1 saturated carbocycles. The maximum absolute atomic E-state index is 5.76. The van der Waals surface area contributed by atoms with Crippen LogP contribution in [0.4, 0.5) is 0 Å². The lowest BCUT2D eigenvalue weighted by molar-refractivity contribution is 0.285. The molecule has 1 fully saturated rings. The van der Waals surface area contributed by atoms with Gasteiger partial charge in [-0.15, -0.1) is 0 Å². The molecule has 21 heavy (non-hydrogen) atoms. The van der Waals surface area contributed by atoms with E-state index in [-0.39, 0.29) is 0 Å². The van der Waals surface area contributed by atoms with Crippen LogP contribution < -0.4 is 14.8 Å². The quantitative estimate of drug-likeness (QED) is 0.911. The van der Waals surface area contributed by atoms with Gasteiger partial charge in [0.2, 0.25) is 0 Å². The van der Waals surface area contributed by atoms with Gasteiger partial charge in [-0.25, -0.2) is 0 Å². The van der Waals surface area contributed by atoms with Crippen LogP contribution in [0.25, 0.3) is 0 Å². The van der Waals surface area contributed by atoms with Gasteiger partial charge in [-0.2, -0.15) is 0 Å². The Balaban J connectivity index is 1.53. The summed E-state index contributed by atoms with van der Waals surface area (Å²) in [6.45, 7) is 4.75. The van der Waals surface area contributed by atoms with Crippen molar-refractivity contribution in [3.05, 3.63) is 23.8 Å². The molecule has 1 aliphatic carbocycles. The highest BCUT2D eigenvalue weighted by atomic mass is 16.5. The summed E-state index contributed by atoms with van der Waals surface area (Å²) in [5.41, 5.74) is 1.29. The first kappa shape index (κ1) is 14.7. The number of hydrogen-bond acceptors (Lipinski definition) is 3. The van der Waals surface area contributed by atoms with Crippen molar-refractivity contribution in [2.45, 2.75) is 58.0 Å². The van der Waals surface area contributed by atoms with E-state index in [0.717, 1.165) is 43.6 Å². The molecular weight excluding hydrogens is 262 g/mol. The van der Waals surface area contributed by atoms with E-state index in [1.54, 1.807) is 0 Å². The third-order valence-electron chi connectivity index (χ3n) is 4.83. The van der Waals surface area contributed by atoms with Crippen molar-refractivity contribution in [3.63, 3.8) is 0 Å². The minimum Gasteiger partial charge on any atom is -0.490 e. The molecule has 1 aliphatic heterocycles. The van der Waals surface area contributed by atoms with Crippen molar-refractivity contribution >= 4 is 0 Å². The molecule has 0 unspecified atom stereocenters. The summed E-state index contributed by atoms with van der Waals surface area (Å²) in [6, 6.07) is 7.01. The Hall–Kier alpha value is -1.22. The van der Waals surface area contributed by atoms with E-state index in [4.69, 9.17) is 9.47 Å². The van der Waals surface area contributed by atoms with E-state index >= 15 is 0 Å². The minimum absolute atomic E-state index is 0.684. The average Bonchev–Trinajstić information content (AvgIpc) is 2.78. The van der Waals surface area contributed by atoms with Crippen molar-refractivity contribution in [2.24, 2.45) is 5.92 Å². The fraction of sp³-hybridized carbons (Fsp3) is 0.667. The highest BCUT2D eigenvalue weighted by Gasteiger charge is 2.19. The predicted molar refractivity (Wildman–Crippen MR) is 84.9 cm³/mol. The molecule has 1 aromatic carbocycles. The lowest BCUT2D eigenvalue weighted by Gasteiger charge is -2.28. The summed E-state index contributed by atoms with van der Waals surface area (Å²) >= 11 is 0. The van der Waals surface area contributed by atoms with Gasteiger partial charge in [0.25, 0.3) is 0 Å². The maximum Gasteiger partial charge on any atom is 0.161 e. The van der Waals surface area contributed by atoms with Gasteiger partial charge in [-0.1, -0.05) is 19.4 Å². The van der Waals surface area contributed by atoms with E-state index in [2.05, 4.69) is 24.4 Å². The standard InChI is InChI=1S/C18H27NO2/c1-2-14-4-7-16(8-5-14)19-13-15-6-9-17-18(12-15)21-11-3-10-20-17/h6,9,12,14,16,19H,2-5,7-8,10-11,13H2,1H3. The topological polar surface area (TPSA) is 30.5 Å². The molecule has 1 N–H and O–H groups in total. The third-order valence-corrected chi connectivity index (χ3v) is 4.83. The fourth-order valence-electron chi connectivity index (χ4n) is 3.35. The molecule has 3 heteroatoms. The highest BCUT2D eigenvalue weighted by Crippen LogP contribution is 2.31. The van der Waals surface area contributed by atoms with Crippen LogP contribution in [0.5, 0.6) is 11.5 Å². The number of fused-ring (bicyclic) bond motifs is 1. The van der Waals surface area contributed by atoms with Crippen LogP contribution in [0.1, 0.15) is 51.0 Å². The lowest BCUT2D eigenvalue weighted by Crippen LogP contribution is -2.32. The minimum atomic E-state index is 0.684. The van der Waals surface area contributed by atoms with E-state index in [9.17, 15) is 0 Å². The SMILES string of the molecule is CCC1CCC(NCc2ccc3c(c2)OCCCO3)CC1. The van der Waals surface area contributed by atoms with Crippen molar-refractivity contribution < 1.29 is 9.47 Å². The molecule has 0 bridgehead atoms. The zero-order valence-corrected chi connectivity index (χ0v) is 13.1. The number of hydrogen-bond donors (Lipinski definition) is 1. The molecule has 0 amide bonds. The molecular formula is C18H27NO2. The van der Waals surface area contributed by atoms with Crippen molar-refractivity contribution in [3.8, 4) is 11.5 Å². The number of nitrogens with one attached hydrogen (secondary N) is 1. The molecule has 0 aromatic heterocycles. The number of rotatable bonds is 4. The molecule has 0 saturated heterocycles. The van der Waals surface area contributed by atoms with E-state index < -0.39 is 0 Å². The smallest absolute Gasteiger partial charge is 0.161 e. The first-order valence-electron chi connectivity index (χ1n) is 8.47. The van der Waals surface area contributed by atoms with Gasteiger partial charge in [0.15, 0.2) is 11.5 Å². The molecule has 0 spiro atoms. The second-order valence-corrected chi connectivity index (χ2v) is 6.34. The molecule has 3 nitrogen and oxygen atoms in total. The van der Waals surface area contributed by atoms with Crippen molar-refractivity contribution in [1.29, 1.82) is 0 Å². The Kier molecular flexibility index (Phi) is 5.02. The van der Waals surface area contributed by atoms with Crippen molar-refractivity contribution in [1.82, 2.24) is 5.32 Å². The zero-order chi connectivity index (χ0) is 14.5. The molecule has 1 heterocycles. The second kappa shape index (κ2) is 7.17. The first-order valence-corrected chi connectivity index (χ1v) is 8.47. The van der Waals surface area contributed by atoms with E-state index in [1.807, 2.05) is 6.07 Å². The van der Waals surface area contributed by atoms with Gasteiger partial charge in [0.1, 0.15) is 0 Å². The Bertz CT molecular complexity index is 453. The van der Waals surface area contributed by atoms with Gasteiger partial charge in [-0.3, -0.25) is 0 Å². The van der Waals surface area contributed by atoms with Crippen LogP contribution in [0.15, 0.2) is 18.2 Å². The first-order chi connectivity index (χ1) is 10.3. The number of benzene rings is 1. The van der Waals surface area contributed by atoms with Gasteiger partial charge in [0, 0.05) is 19.0 Å². The van der Waals surface area contributed by atoms with Gasteiger partial charge in [0.05, 0.1) is 13.2 Å². The monoisotopic (exact) mass is 289 g/mol. The molecule has 2 aliphatic rings. The molecule has 0 atom stereocenters. The summed E-state index contributed by atoms with van der Waals surface area (Å²) in [4.78, 5) is 0. The molecule has 0 radical (unpaired) electrons. The summed E-state index contributed by atoms with van der Waals surface area (Å²) < 4.78 is 11.4. The largest absolute Gasteiger partial charge is 0.490 e. The molecule has 116 valence electrons. The third kappa shape index (κ3) is 3.91. The highest BCUT2D eigenvalue weighted by molar-refractivity contribution is 5.43. The van der Waals surface area contributed by atoms with Crippen LogP contribution in [0, 0.1) is 5.92 Å². The van der Waals surface area contributed by atoms with Gasteiger partial charge in [-0.05, 0) is 49.3 Å². The zero-order valence-electron chi connectivity index (χ0n) is 13.1. The maximum atomic E-state index is 5.76. The Labute approximate surface area is 128 Å². The van der Waals surface area contributed by atoms with Gasteiger partial charge >= 0.3 is 0 Å². The lowest BCUT2D eigenvalue weighted by atomic mass is 9.84. The second-order valence-electron chi connectivity index (χ2n) is 6.34. The molecule has 1 aromatic rings. The summed E-state index contributed by atoms with van der Waals surface area (Å²) in [5.74, 6) is 2.75. The average molecular weight is 289 g/mol. The van der Waals surface area contributed by atoms with Crippen LogP contribution >= 0.6 is 0 Å². The summed E-state index contributed by atoms with van der Waals surface area (Å²) in [7, 11) is 0.